The molecule has 1 atom stereocenters. The SMILES string of the molecule is Cc1ccc(C(C)Nc2ncnc(C)c2Cl)cc1. The van der Waals surface area contributed by atoms with Crippen molar-refractivity contribution in [3.05, 3.63) is 52.4 Å². The van der Waals surface area contributed by atoms with Crippen molar-refractivity contribution >= 4 is 17.4 Å². The molecule has 0 aliphatic rings. The van der Waals surface area contributed by atoms with Crippen molar-refractivity contribution in [1.82, 2.24) is 9.97 Å². The van der Waals surface area contributed by atoms with Crippen LogP contribution in [0.4, 0.5) is 5.82 Å². The van der Waals surface area contributed by atoms with Gasteiger partial charge in [0, 0.05) is 6.04 Å². The van der Waals surface area contributed by atoms with Gasteiger partial charge in [0.05, 0.1) is 5.69 Å². The molecular weight excluding hydrogens is 246 g/mol. The van der Waals surface area contributed by atoms with E-state index in [-0.39, 0.29) is 6.04 Å². The van der Waals surface area contributed by atoms with E-state index >= 15 is 0 Å². The number of nitrogens with one attached hydrogen (secondary N) is 1. The summed E-state index contributed by atoms with van der Waals surface area (Å²) < 4.78 is 0. The summed E-state index contributed by atoms with van der Waals surface area (Å²) in [5, 5.41) is 3.88. The molecule has 0 saturated heterocycles. The predicted molar refractivity (Wildman–Crippen MR) is 75.0 cm³/mol. The summed E-state index contributed by atoms with van der Waals surface area (Å²) in [4.78, 5) is 8.22. The summed E-state index contributed by atoms with van der Waals surface area (Å²) in [5.74, 6) is 0.678. The first-order chi connectivity index (χ1) is 8.58. The fourth-order valence-corrected chi connectivity index (χ4v) is 1.85. The molecule has 1 N–H and O–H groups in total. The largest absolute Gasteiger partial charge is 0.362 e. The Balaban J connectivity index is 2.18. The third-order valence-electron chi connectivity index (χ3n) is 2.89. The first-order valence-electron chi connectivity index (χ1n) is 5.88. The minimum absolute atomic E-state index is 0.150. The number of aryl methyl sites for hydroxylation is 2. The highest BCUT2D eigenvalue weighted by Gasteiger charge is 2.10. The molecule has 3 nitrogen and oxygen atoms in total. The van der Waals surface area contributed by atoms with Gasteiger partial charge in [-0.15, -0.1) is 0 Å². The lowest BCUT2D eigenvalue weighted by atomic mass is 10.1. The Bertz CT molecular complexity index is 537. The lowest BCUT2D eigenvalue weighted by molar-refractivity contribution is 0.869. The van der Waals surface area contributed by atoms with Gasteiger partial charge in [0.2, 0.25) is 0 Å². The average molecular weight is 262 g/mol. The van der Waals surface area contributed by atoms with Gasteiger partial charge in [-0.25, -0.2) is 9.97 Å². The number of benzene rings is 1. The van der Waals surface area contributed by atoms with Gasteiger partial charge in [0.15, 0.2) is 0 Å². The van der Waals surface area contributed by atoms with Gasteiger partial charge >= 0.3 is 0 Å². The van der Waals surface area contributed by atoms with Crippen molar-refractivity contribution in [3.63, 3.8) is 0 Å². The van der Waals surface area contributed by atoms with E-state index in [1.807, 2.05) is 6.92 Å². The molecule has 0 aliphatic carbocycles. The van der Waals surface area contributed by atoms with E-state index in [4.69, 9.17) is 11.6 Å². The molecule has 0 spiro atoms. The normalized spacial score (nSPS) is 12.2. The summed E-state index contributed by atoms with van der Waals surface area (Å²) >= 11 is 6.16. The maximum absolute atomic E-state index is 6.16. The highest BCUT2D eigenvalue weighted by molar-refractivity contribution is 6.33. The van der Waals surface area contributed by atoms with Crippen LogP contribution in [0.1, 0.15) is 29.8 Å². The van der Waals surface area contributed by atoms with Crippen molar-refractivity contribution in [2.75, 3.05) is 5.32 Å². The molecule has 1 aromatic carbocycles. The first-order valence-corrected chi connectivity index (χ1v) is 6.26. The average Bonchev–Trinajstić information content (AvgIpc) is 2.36. The van der Waals surface area contributed by atoms with E-state index in [2.05, 4.69) is 53.4 Å². The number of hydrogen-bond donors (Lipinski definition) is 1. The molecule has 94 valence electrons. The van der Waals surface area contributed by atoms with Crippen LogP contribution in [0.25, 0.3) is 0 Å². The summed E-state index contributed by atoms with van der Waals surface area (Å²) in [6.07, 6.45) is 1.52. The molecule has 18 heavy (non-hydrogen) atoms. The maximum Gasteiger partial charge on any atom is 0.148 e. The van der Waals surface area contributed by atoms with E-state index in [0.29, 0.717) is 10.8 Å². The summed E-state index contributed by atoms with van der Waals surface area (Å²) in [6.45, 7) is 6.02. The van der Waals surface area contributed by atoms with Crippen LogP contribution in [-0.4, -0.2) is 9.97 Å². The monoisotopic (exact) mass is 261 g/mol. The maximum atomic E-state index is 6.16. The summed E-state index contributed by atoms with van der Waals surface area (Å²) in [5.41, 5.74) is 3.24. The van der Waals surface area contributed by atoms with Crippen molar-refractivity contribution in [2.45, 2.75) is 26.8 Å². The minimum atomic E-state index is 0.150. The van der Waals surface area contributed by atoms with Crippen LogP contribution in [0.2, 0.25) is 5.02 Å². The van der Waals surface area contributed by atoms with E-state index in [1.165, 1.54) is 17.5 Å². The van der Waals surface area contributed by atoms with E-state index in [9.17, 15) is 0 Å². The van der Waals surface area contributed by atoms with Crippen LogP contribution in [0.15, 0.2) is 30.6 Å². The van der Waals surface area contributed by atoms with Crippen LogP contribution in [0.5, 0.6) is 0 Å². The fraction of sp³-hybridized carbons (Fsp3) is 0.286. The molecule has 2 rings (SSSR count). The quantitative estimate of drug-likeness (QED) is 0.910. The molecule has 0 fully saturated rings. The van der Waals surface area contributed by atoms with E-state index in [0.717, 1.165) is 5.69 Å². The zero-order chi connectivity index (χ0) is 13.1. The van der Waals surface area contributed by atoms with Crippen molar-refractivity contribution in [2.24, 2.45) is 0 Å². The number of aromatic nitrogens is 2. The highest BCUT2D eigenvalue weighted by atomic mass is 35.5. The van der Waals surface area contributed by atoms with E-state index < -0.39 is 0 Å². The summed E-state index contributed by atoms with van der Waals surface area (Å²) in [7, 11) is 0. The number of anilines is 1. The molecule has 0 aliphatic heterocycles. The van der Waals surface area contributed by atoms with Crippen molar-refractivity contribution < 1.29 is 0 Å². The number of nitrogens with zero attached hydrogens (tertiary/aromatic N) is 2. The predicted octanol–water partition coefficient (Wildman–Crippen LogP) is 3.92. The third-order valence-corrected chi connectivity index (χ3v) is 3.35. The second kappa shape index (κ2) is 5.36. The van der Waals surface area contributed by atoms with Gasteiger partial charge in [-0.05, 0) is 26.3 Å². The number of rotatable bonds is 3. The first kappa shape index (κ1) is 12.8. The molecule has 1 unspecified atom stereocenters. The molecule has 2 aromatic rings. The number of hydrogen-bond acceptors (Lipinski definition) is 3. The molecular formula is C14H16ClN3. The smallest absolute Gasteiger partial charge is 0.148 e. The lowest BCUT2D eigenvalue weighted by Crippen LogP contribution is -2.09. The Hall–Kier alpha value is -1.61. The Kier molecular flexibility index (Phi) is 3.82. The van der Waals surface area contributed by atoms with Crippen molar-refractivity contribution in [3.8, 4) is 0 Å². The highest BCUT2D eigenvalue weighted by Crippen LogP contribution is 2.25. The number of halogens is 1. The molecule has 1 aromatic heterocycles. The Morgan fingerprint density at radius 3 is 2.44 bits per heavy atom. The Morgan fingerprint density at radius 2 is 1.78 bits per heavy atom. The van der Waals surface area contributed by atoms with Crippen LogP contribution >= 0.6 is 11.6 Å². The lowest BCUT2D eigenvalue weighted by Gasteiger charge is -2.16. The van der Waals surface area contributed by atoms with Gasteiger partial charge in [-0.1, -0.05) is 41.4 Å². The van der Waals surface area contributed by atoms with Crippen LogP contribution < -0.4 is 5.32 Å². The molecule has 0 amide bonds. The van der Waals surface area contributed by atoms with Crippen LogP contribution in [0.3, 0.4) is 0 Å². The second-order valence-corrected chi connectivity index (χ2v) is 4.78. The van der Waals surface area contributed by atoms with Gasteiger partial charge < -0.3 is 5.32 Å². The minimum Gasteiger partial charge on any atom is -0.362 e. The molecule has 1 heterocycles. The Labute approximate surface area is 112 Å². The third kappa shape index (κ3) is 2.79. The van der Waals surface area contributed by atoms with E-state index in [1.54, 1.807) is 0 Å². The standard InChI is InChI=1S/C14H16ClN3/c1-9-4-6-12(7-5-9)10(2)18-14-13(15)11(3)16-8-17-14/h4-8,10H,1-3H3,(H,16,17,18). The summed E-state index contributed by atoms with van der Waals surface area (Å²) in [6, 6.07) is 8.56. The van der Waals surface area contributed by atoms with Gasteiger partial charge in [0.25, 0.3) is 0 Å². The van der Waals surface area contributed by atoms with Gasteiger partial charge in [0.1, 0.15) is 17.2 Å². The Morgan fingerprint density at radius 1 is 1.11 bits per heavy atom. The van der Waals surface area contributed by atoms with Crippen molar-refractivity contribution in [1.29, 1.82) is 0 Å². The molecule has 0 bridgehead atoms. The fourth-order valence-electron chi connectivity index (χ4n) is 1.70. The molecule has 0 saturated carbocycles. The second-order valence-electron chi connectivity index (χ2n) is 4.40. The zero-order valence-electron chi connectivity index (χ0n) is 10.7. The molecule has 0 radical (unpaired) electrons. The zero-order valence-corrected chi connectivity index (χ0v) is 11.5. The topological polar surface area (TPSA) is 37.8 Å². The van der Waals surface area contributed by atoms with Crippen LogP contribution in [-0.2, 0) is 0 Å². The van der Waals surface area contributed by atoms with Gasteiger partial charge in [-0.2, -0.15) is 0 Å². The van der Waals surface area contributed by atoms with Gasteiger partial charge in [-0.3, -0.25) is 0 Å². The molecule has 4 heteroatoms. The van der Waals surface area contributed by atoms with Crippen LogP contribution in [0, 0.1) is 13.8 Å².